The van der Waals surface area contributed by atoms with E-state index in [9.17, 15) is 14.4 Å². The van der Waals surface area contributed by atoms with Crippen LogP contribution in [0.1, 0.15) is 28.8 Å². The smallest absolute Gasteiger partial charge is 0.335 e. The van der Waals surface area contributed by atoms with Crippen LogP contribution >= 0.6 is 24.0 Å². The van der Waals surface area contributed by atoms with Gasteiger partial charge in [0.2, 0.25) is 5.91 Å². The molecule has 1 heterocycles. The normalized spacial score (nSPS) is 14.7. The Balaban J connectivity index is 1.51. The van der Waals surface area contributed by atoms with Crippen LogP contribution in [0.15, 0.2) is 53.4 Å². The van der Waals surface area contributed by atoms with E-state index in [1.54, 1.807) is 13.2 Å². The fourth-order valence-electron chi connectivity index (χ4n) is 2.86. The molecule has 1 aliphatic rings. The van der Waals surface area contributed by atoms with Crippen molar-refractivity contribution >= 4 is 57.8 Å². The molecule has 0 aliphatic carbocycles. The lowest BCUT2D eigenvalue weighted by Gasteiger charge is -2.14. The highest BCUT2D eigenvalue weighted by atomic mass is 32.2. The molecular weight excluding hydrogens is 436 g/mol. The zero-order chi connectivity index (χ0) is 22.4. The minimum absolute atomic E-state index is 0.148. The highest BCUT2D eigenvalue weighted by Crippen LogP contribution is 2.33. The molecule has 2 aromatic rings. The molecule has 7 nitrogen and oxygen atoms in total. The third kappa shape index (κ3) is 5.93. The van der Waals surface area contributed by atoms with E-state index in [1.807, 2.05) is 24.3 Å². The summed E-state index contributed by atoms with van der Waals surface area (Å²) in [5.74, 6) is -0.680. The van der Waals surface area contributed by atoms with Gasteiger partial charge < -0.3 is 15.2 Å². The molecule has 2 N–H and O–H groups in total. The second-order valence-electron chi connectivity index (χ2n) is 6.64. The number of nitrogens with zero attached hydrogens (tertiary/aromatic N) is 1. The van der Waals surface area contributed by atoms with Gasteiger partial charge in [0.25, 0.3) is 5.91 Å². The van der Waals surface area contributed by atoms with Gasteiger partial charge in [-0.15, -0.1) is 0 Å². The topological polar surface area (TPSA) is 95.9 Å². The van der Waals surface area contributed by atoms with E-state index in [4.69, 9.17) is 22.1 Å². The van der Waals surface area contributed by atoms with Crippen LogP contribution in [0, 0.1) is 0 Å². The number of amides is 2. The van der Waals surface area contributed by atoms with Crippen LogP contribution in [0.25, 0.3) is 6.08 Å². The molecule has 3 rings (SSSR count). The number of carboxylic acid groups (broad SMARTS) is 1. The number of carbonyl (C=O) groups is 3. The minimum atomic E-state index is -1.03. The average Bonchev–Trinajstić information content (AvgIpc) is 3.02. The van der Waals surface area contributed by atoms with Gasteiger partial charge in [-0.2, -0.15) is 0 Å². The molecule has 0 aromatic heterocycles. The third-order valence-corrected chi connectivity index (χ3v) is 5.87. The van der Waals surface area contributed by atoms with Crippen molar-refractivity contribution in [1.29, 1.82) is 0 Å². The maximum atomic E-state index is 12.7. The van der Waals surface area contributed by atoms with Gasteiger partial charge in [0.05, 0.1) is 17.6 Å². The monoisotopic (exact) mass is 456 g/mol. The summed E-state index contributed by atoms with van der Waals surface area (Å²) >= 11 is 6.57. The maximum absolute atomic E-state index is 12.7. The van der Waals surface area contributed by atoms with Crippen molar-refractivity contribution in [2.75, 3.05) is 19.0 Å². The van der Waals surface area contributed by atoms with Crippen molar-refractivity contribution < 1.29 is 24.2 Å². The number of rotatable bonds is 8. The van der Waals surface area contributed by atoms with Crippen LogP contribution in [-0.4, -0.2) is 45.8 Å². The molecule has 0 bridgehead atoms. The number of thioether (sulfide) groups is 1. The Morgan fingerprint density at radius 3 is 2.45 bits per heavy atom. The Morgan fingerprint density at radius 2 is 1.84 bits per heavy atom. The Bertz CT molecular complexity index is 1030. The highest BCUT2D eigenvalue weighted by Gasteiger charge is 2.31. The van der Waals surface area contributed by atoms with Gasteiger partial charge in [0, 0.05) is 18.7 Å². The van der Waals surface area contributed by atoms with E-state index in [0.717, 1.165) is 11.3 Å². The Kier molecular flexibility index (Phi) is 7.43. The number of hydrogen-bond acceptors (Lipinski definition) is 6. The fourth-order valence-corrected chi connectivity index (χ4v) is 4.17. The number of ether oxygens (including phenoxy) is 1. The molecule has 2 amide bonds. The third-order valence-electron chi connectivity index (χ3n) is 4.49. The number of methoxy groups -OCH3 is 1. The number of nitrogens with one attached hydrogen (secondary N) is 1. The molecule has 0 unspecified atom stereocenters. The van der Waals surface area contributed by atoms with Crippen LogP contribution in [0.3, 0.4) is 0 Å². The number of hydrogen-bond donors (Lipinski definition) is 2. The molecule has 9 heteroatoms. The van der Waals surface area contributed by atoms with Crippen molar-refractivity contribution in [3.8, 4) is 5.75 Å². The fraction of sp³-hybridized carbons (Fsp3) is 0.182. The summed E-state index contributed by atoms with van der Waals surface area (Å²) in [6.07, 6.45) is 2.43. The van der Waals surface area contributed by atoms with E-state index in [0.29, 0.717) is 27.9 Å². The lowest BCUT2D eigenvalue weighted by atomic mass is 10.2. The Labute approximate surface area is 189 Å². The molecule has 0 saturated carbocycles. The number of carbonyl (C=O) groups excluding carboxylic acids is 2. The summed E-state index contributed by atoms with van der Waals surface area (Å²) in [5.41, 5.74) is 1.53. The summed E-state index contributed by atoms with van der Waals surface area (Å²) in [6, 6.07) is 13.3. The van der Waals surface area contributed by atoms with Gasteiger partial charge in [-0.05, 0) is 54.5 Å². The number of anilines is 1. The quantitative estimate of drug-likeness (QED) is 0.458. The predicted molar refractivity (Wildman–Crippen MR) is 124 cm³/mol. The van der Waals surface area contributed by atoms with Crippen LogP contribution in [0.2, 0.25) is 0 Å². The van der Waals surface area contributed by atoms with Crippen molar-refractivity contribution in [1.82, 2.24) is 4.90 Å². The second-order valence-corrected chi connectivity index (χ2v) is 8.32. The van der Waals surface area contributed by atoms with Crippen molar-refractivity contribution in [3.05, 3.63) is 64.6 Å². The number of benzene rings is 2. The predicted octanol–water partition coefficient (Wildman–Crippen LogP) is 4.01. The molecule has 0 spiro atoms. The largest absolute Gasteiger partial charge is 0.497 e. The molecule has 1 fully saturated rings. The van der Waals surface area contributed by atoms with Crippen LogP contribution in [0.5, 0.6) is 5.75 Å². The van der Waals surface area contributed by atoms with Crippen molar-refractivity contribution in [2.24, 2.45) is 0 Å². The minimum Gasteiger partial charge on any atom is -0.497 e. The van der Waals surface area contributed by atoms with E-state index in [1.165, 1.54) is 40.9 Å². The Hall–Kier alpha value is -3.17. The number of thiocarbonyl (C=S) groups is 1. The standard InChI is InChI=1S/C22H20N2O5S2/c1-29-17-10-4-14(5-11-17)13-18-20(26)24(22(30)31-18)12-2-3-19(25)23-16-8-6-15(7-9-16)21(27)28/h4-11,13H,2-3,12H2,1H3,(H,23,25)(H,27,28). The summed E-state index contributed by atoms with van der Waals surface area (Å²) in [4.78, 5) is 37.7. The first-order valence-electron chi connectivity index (χ1n) is 9.40. The van der Waals surface area contributed by atoms with Gasteiger partial charge in [-0.3, -0.25) is 14.5 Å². The molecule has 31 heavy (non-hydrogen) atoms. The summed E-state index contributed by atoms with van der Waals surface area (Å²) in [5, 5.41) is 11.6. The number of aromatic carboxylic acids is 1. The first-order chi connectivity index (χ1) is 14.9. The molecule has 1 saturated heterocycles. The van der Waals surface area contributed by atoms with Gasteiger partial charge in [-0.1, -0.05) is 36.1 Å². The molecular formula is C22H20N2O5S2. The number of carboxylic acids is 1. The summed E-state index contributed by atoms with van der Waals surface area (Å²) < 4.78 is 5.60. The first kappa shape index (κ1) is 22.5. The molecule has 0 atom stereocenters. The van der Waals surface area contributed by atoms with Crippen LogP contribution in [-0.2, 0) is 9.59 Å². The Morgan fingerprint density at radius 1 is 1.16 bits per heavy atom. The van der Waals surface area contributed by atoms with Crippen molar-refractivity contribution in [3.63, 3.8) is 0 Å². The second kappa shape index (κ2) is 10.2. The van der Waals surface area contributed by atoms with E-state index in [-0.39, 0.29) is 23.8 Å². The molecule has 160 valence electrons. The molecule has 0 radical (unpaired) electrons. The van der Waals surface area contributed by atoms with Crippen LogP contribution in [0.4, 0.5) is 5.69 Å². The molecule has 2 aromatic carbocycles. The van der Waals surface area contributed by atoms with Gasteiger partial charge in [0.15, 0.2) is 0 Å². The van der Waals surface area contributed by atoms with Crippen molar-refractivity contribution in [2.45, 2.75) is 12.8 Å². The van der Waals surface area contributed by atoms with Gasteiger partial charge in [0.1, 0.15) is 10.1 Å². The summed E-state index contributed by atoms with van der Waals surface area (Å²) in [7, 11) is 1.59. The van der Waals surface area contributed by atoms with Gasteiger partial charge >= 0.3 is 5.97 Å². The lowest BCUT2D eigenvalue weighted by Crippen LogP contribution is -2.29. The van der Waals surface area contributed by atoms with E-state index >= 15 is 0 Å². The lowest BCUT2D eigenvalue weighted by molar-refractivity contribution is -0.122. The van der Waals surface area contributed by atoms with E-state index < -0.39 is 5.97 Å². The summed E-state index contributed by atoms with van der Waals surface area (Å²) in [6.45, 7) is 0.343. The highest BCUT2D eigenvalue weighted by molar-refractivity contribution is 8.26. The SMILES string of the molecule is COc1ccc(C=C2SC(=S)N(CCCC(=O)Nc3ccc(C(=O)O)cc3)C2=O)cc1. The van der Waals surface area contributed by atoms with Crippen LogP contribution < -0.4 is 10.1 Å². The average molecular weight is 457 g/mol. The molecule has 1 aliphatic heterocycles. The maximum Gasteiger partial charge on any atom is 0.335 e. The van der Waals surface area contributed by atoms with Gasteiger partial charge in [-0.25, -0.2) is 4.79 Å². The zero-order valence-corrected chi connectivity index (χ0v) is 18.3. The first-order valence-corrected chi connectivity index (χ1v) is 10.6. The van der Waals surface area contributed by atoms with E-state index in [2.05, 4.69) is 5.32 Å². The zero-order valence-electron chi connectivity index (χ0n) is 16.7.